The van der Waals surface area contributed by atoms with E-state index in [1.807, 2.05) is 30.8 Å². The molecule has 0 amide bonds. The van der Waals surface area contributed by atoms with Crippen molar-refractivity contribution < 1.29 is 0 Å². The number of aromatic nitrogens is 3. The van der Waals surface area contributed by atoms with Crippen molar-refractivity contribution in [2.24, 2.45) is 7.05 Å². The first-order valence-electron chi connectivity index (χ1n) is 3.64. The van der Waals surface area contributed by atoms with Crippen LogP contribution in [0, 0.1) is 10.6 Å². The SMILES string of the molecule is Cc1c2nc(I)ccc2nn1C. The van der Waals surface area contributed by atoms with E-state index in [0.29, 0.717) is 0 Å². The predicted octanol–water partition coefficient (Wildman–Crippen LogP) is 1.88. The fourth-order valence-electron chi connectivity index (χ4n) is 1.16. The first-order valence-corrected chi connectivity index (χ1v) is 4.72. The quantitative estimate of drug-likeness (QED) is 0.542. The normalized spacial score (nSPS) is 10.9. The van der Waals surface area contributed by atoms with Crippen molar-refractivity contribution in [1.29, 1.82) is 0 Å². The maximum atomic E-state index is 4.40. The Balaban J connectivity index is 2.88. The third-order valence-corrected chi connectivity index (χ3v) is 2.53. The van der Waals surface area contributed by atoms with Gasteiger partial charge in [-0.05, 0) is 41.6 Å². The average molecular weight is 273 g/mol. The van der Waals surface area contributed by atoms with Crippen LogP contribution in [-0.2, 0) is 7.05 Å². The Morgan fingerprint density at radius 3 is 2.92 bits per heavy atom. The monoisotopic (exact) mass is 273 g/mol. The highest BCUT2D eigenvalue weighted by Gasteiger charge is 2.05. The van der Waals surface area contributed by atoms with E-state index in [-0.39, 0.29) is 0 Å². The van der Waals surface area contributed by atoms with E-state index in [0.717, 1.165) is 20.4 Å². The molecule has 0 aliphatic rings. The fourth-order valence-corrected chi connectivity index (χ4v) is 1.59. The minimum absolute atomic E-state index is 0.968. The van der Waals surface area contributed by atoms with Gasteiger partial charge in [-0.1, -0.05) is 0 Å². The van der Waals surface area contributed by atoms with Crippen LogP contribution in [0.15, 0.2) is 12.1 Å². The first kappa shape index (κ1) is 7.97. The van der Waals surface area contributed by atoms with Gasteiger partial charge in [0.15, 0.2) is 0 Å². The lowest BCUT2D eigenvalue weighted by Gasteiger charge is -1.91. The number of halogens is 1. The zero-order valence-electron chi connectivity index (χ0n) is 6.87. The summed E-state index contributed by atoms with van der Waals surface area (Å²) in [4.78, 5) is 4.40. The number of fused-ring (bicyclic) bond motifs is 1. The zero-order valence-corrected chi connectivity index (χ0v) is 9.03. The molecule has 12 heavy (non-hydrogen) atoms. The Morgan fingerprint density at radius 2 is 2.17 bits per heavy atom. The molecule has 0 aliphatic heterocycles. The summed E-state index contributed by atoms with van der Waals surface area (Å²) in [7, 11) is 1.93. The molecule has 2 aromatic rings. The van der Waals surface area contributed by atoms with Gasteiger partial charge in [0.2, 0.25) is 0 Å². The molecule has 0 fully saturated rings. The molecule has 0 aliphatic carbocycles. The van der Waals surface area contributed by atoms with Crippen LogP contribution in [0.5, 0.6) is 0 Å². The summed E-state index contributed by atoms with van der Waals surface area (Å²) in [5.74, 6) is 0. The molecule has 0 bridgehead atoms. The molecule has 2 rings (SSSR count). The van der Waals surface area contributed by atoms with Crippen molar-refractivity contribution in [2.45, 2.75) is 6.92 Å². The van der Waals surface area contributed by atoms with E-state index in [1.54, 1.807) is 0 Å². The number of pyridine rings is 1. The predicted molar refractivity (Wildman–Crippen MR) is 56.0 cm³/mol. The molecule has 3 nitrogen and oxygen atoms in total. The van der Waals surface area contributed by atoms with Gasteiger partial charge in [0.25, 0.3) is 0 Å². The Bertz CT molecular complexity index is 433. The van der Waals surface area contributed by atoms with Gasteiger partial charge in [-0.15, -0.1) is 0 Å². The summed E-state index contributed by atoms with van der Waals surface area (Å²) in [6.07, 6.45) is 0. The highest BCUT2D eigenvalue weighted by Crippen LogP contribution is 2.15. The molecule has 0 aromatic carbocycles. The van der Waals surface area contributed by atoms with Crippen molar-refractivity contribution in [1.82, 2.24) is 14.8 Å². The third-order valence-electron chi connectivity index (χ3n) is 1.93. The van der Waals surface area contributed by atoms with E-state index in [1.165, 1.54) is 0 Å². The second kappa shape index (κ2) is 2.69. The highest BCUT2D eigenvalue weighted by molar-refractivity contribution is 14.1. The molecular formula is C8H8IN3. The second-order valence-electron chi connectivity index (χ2n) is 2.71. The molecule has 4 heteroatoms. The zero-order chi connectivity index (χ0) is 8.72. The van der Waals surface area contributed by atoms with Crippen LogP contribution in [0.2, 0.25) is 0 Å². The van der Waals surface area contributed by atoms with Crippen LogP contribution in [0.3, 0.4) is 0 Å². The Kier molecular flexibility index (Phi) is 1.79. The Morgan fingerprint density at radius 1 is 1.42 bits per heavy atom. The van der Waals surface area contributed by atoms with Crippen molar-refractivity contribution in [3.05, 3.63) is 21.5 Å². The Hall–Kier alpha value is -0.650. The van der Waals surface area contributed by atoms with Crippen molar-refractivity contribution >= 4 is 33.6 Å². The maximum absolute atomic E-state index is 4.40. The minimum Gasteiger partial charge on any atom is -0.270 e. The number of hydrogen-bond donors (Lipinski definition) is 0. The molecular weight excluding hydrogens is 265 g/mol. The smallest absolute Gasteiger partial charge is 0.112 e. The van der Waals surface area contributed by atoms with Crippen LogP contribution < -0.4 is 0 Å². The van der Waals surface area contributed by atoms with Crippen LogP contribution in [0.1, 0.15) is 5.69 Å². The molecule has 0 spiro atoms. The molecule has 2 heterocycles. The van der Waals surface area contributed by atoms with Gasteiger partial charge in [0.1, 0.15) is 14.7 Å². The van der Waals surface area contributed by atoms with E-state index in [2.05, 4.69) is 32.7 Å². The van der Waals surface area contributed by atoms with E-state index in [4.69, 9.17) is 0 Å². The number of nitrogens with zero attached hydrogens (tertiary/aromatic N) is 3. The van der Waals surface area contributed by atoms with Gasteiger partial charge in [0, 0.05) is 7.05 Å². The summed E-state index contributed by atoms with van der Waals surface area (Å²) in [5.41, 5.74) is 3.09. The Labute approximate surface area is 83.9 Å². The van der Waals surface area contributed by atoms with Gasteiger partial charge >= 0.3 is 0 Å². The number of aryl methyl sites for hydroxylation is 2. The molecule has 0 unspecified atom stereocenters. The van der Waals surface area contributed by atoms with Gasteiger partial charge in [0.05, 0.1) is 5.69 Å². The lowest BCUT2D eigenvalue weighted by molar-refractivity contribution is 0.750. The summed E-state index contributed by atoms with van der Waals surface area (Å²) in [5, 5.41) is 4.30. The molecule has 0 atom stereocenters. The van der Waals surface area contributed by atoms with E-state index >= 15 is 0 Å². The van der Waals surface area contributed by atoms with E-state index < -0.39 is 0 Å². The van der Waals surface area contributed by atoms with Crippen molar-refractivity contribution in [3.8, 4) is 0 Å². The summed E-state index contributed by atoms with van der Waals surface area (Å²) >= 11 is 2.21. The molecule has 0 saturated carbocycles. The van der Waals surface area contributed by atoms with Gasteiger partial charge in [-0.2, -0.15) is 5.10 Å². The van der Waals surface area contributed by atoms with Gasteiger partial charge in [-0.3, -0.25) is 4.68 Å². The topological polar surface area (TPSA) is 30.7 Å². The van der Waals surface area contributed by atoms with Crippen LogP contribution in [0.4, 0.5) is 0 Å². The molecule has 0 saturated heterocycles. The van der Waals surface area contributed by atoms with Crippen LogP contribution in [-0.4, -0.2) is 14.8 Å². The average Bonchev–Trinajstić information content (AvgIpc) is 2.31. The minimum atomic E-state index is 0.968. The molecule has 0 N–H and O–H groups in total. The van der Waals surface area contributed by atoms with Gasteiger partial charge in [-0.25, -0.2) is 4.98 Å². The van der Waals surface area contributed by atoms with Crippen LogP contribution in [0.25, 0.3) is 11.0 Å². The highest BCUT2D eigenvalue weighted by atomic mass is 127. The first-order chi connectivity index (χ1) is 5.68. The molecule has 0 radical (unpaired) electrons. The molecule has 2 aromatic heterocycles. The number of rotatable bonds is 0. The maximum Gasteiger partial charge on any atom is 0.112 e. The largest absolute Gasteiger partial charge is 0.270 e. The number of hydrogen-bond acceptors (Lipinski definition) is 2. The van der Waals surface area contributed by atoms with Crippen molar-refractivity contribution in [2.75, 3.05) is 0 Å². The van der Waals surface area contributed by atoms with E-state index in [9.17, 15) is 0 Å². The molecule has 62 valence electrons. The van der Waals surface area contributed by atoms with Crippen molar-refractivity contribution in [3.63, 3.8) is 0 Å². The standard InChI is InChI=1S/C8H8IN3/c1-5-8-6(11-12(5)2)3-4-7(9)10-8/h3-4H,1-2H3. The lowest BCUT2D eigenvalue weighted by atomic mass is 10.3. The third kappa shape index (κ3) is 1.10. The summed E-state index contributed by atoms with van der Waals surface area (Å²) < 4.78 is 2.87. The second-order valence-corrected chi connectivity index (χ2v) is 3.82. The lowest BCUT2D eigenvalue weighted by Crippen LogP contribution is -1.91. The summed E-state index contributed by atoms with van der Waals surface area (Å²) in [6, 6.07) is 3.96. The fraction of sp³-hybridized carbons (Fsp3) is 0.250. The summed E-state index contributed by atoms with van der Waals surface area (Å²) in [6.45, 7) is 2.03. The van der Waals surface area contributed by atoms with Gasteiger partial charge < -0.3 is 0 Å². The van der Waals surface area contributed by atoms with Crippen LogP contribution >= 0.6 is 22.6 Å².